The number of nitrogens with one attached hydrogen (secondary N) is 2. The summed E-state index contributed by atoms with van der Waals surface area (Å²) < 4.78 is 10.0. The maximum atomic E-state index is 12.5. The van der Waals surface area contributed by atoms with Gasteiger partial charge in [-0.2, -0.15) is 0 Å². The molecule has 0 radical (unpaired) electrons. The molecule has 9 nitrogen and oxygen atoms in total. The second kappa shape index (κ2) is 10.3. The normalized spacial score (nSPS) is 17.8. The van der Waals surface area contributed by atoms with E-state index in [1.807, 2.05) is 13.8 Å². The van der Waals surface area contributed by atoms with Gasteiger partial charge in [-0.25, -0.2) is 9.59 Å². The summed E-state index contributed by atoms with van der Waals surface area (Å²) >= 11 is 0. The summed E-state index contributed by atoms with van der Waals surface area (Å²) in [7, 11) is 1.26. The molecule has 0 spiro atoms. The summed E-state index contributed by atoms with van der Waals surface area (Å²) in [5.41, 5.74) is -0.653. The third kappa shape index (κ3) is 7.74. The molecule has 0 aromatic heterocycles. The molecule has 2 atom stereocenters. The van der Waals surface area contributed by atoms with E-state index in [2.05, 4.69) is 10.6 Å². The maximum absolute atomic E-state index is 12.5. The first-order valence-corrected chi connectivity index (χ1v) is 9.59. The zero-order chi connectivity index (χ0) is 21.5. The maximum Gasteiger partial charge on any atom is 0.410 e. The first-order valence-electron chi connectivity index (χ1n) is 9.59. The summed E-state index contributed by atoms with van der Waals surface area (Å²) in [4.78, 5) is 50.0. The van der Waals surface area contributed by atoms with E-state index in [0.717, 1.165) is 0 Å². The van der Waals surface area contributed by atoms with Crippen molar-refractivity contribution in [2.75, 3.05) is 20.2 Å². The topological polar surface area (TPSA) is 114 Å². The van der Waals surface area contributed by atoms with Crippen LogP contribution in [0.3, 0.4) is 0 Å². The van der Waals surface area contributed by atoms with Gasteiger partial charge >= 0.3 is 12.1 Å². The average Bonchev–Trinajstić information content (AvgIpc) is 3.06. The lowest BCUT2D eigenvalue weighted by molar-refractivity contribution is -0.145. The number of nitrogens with zero attached hydrogens (tertiary/aromatic N) is 1. The highest BCUT2D eigenvalue weighted by atomic mass is 16.6. The molecule has 1 aliphatic heterocycles. The molecule has 9 heteroatoms. The Kier molecular flexibility index (Phi) is 8.71. The Labute approximate surface area is 166 Å². The van der Waals surface area contributed by atoms with Crippen molar-refractivity contribution in [1.82, 2.24) is 15.5 Å². The molecule has 1 saturated heterocycles. The number of hydrogen-bond acceptors (Lipinski definition) is 6. The van der Waals surface area contributed by atoms with Crippen molar-refractivity contribution in [2.24, 2.45) is 5.92 Å². The van der Waals surface area contributed by atoms with Gasteiger partial charge < -0.3 is 20.1 Å². The van der Waals surface area contributed by atoms with Crippen LogP contribution in [-0.4, -0.2) is 66.7 Å². The Morgan fingerprint density at radius 2 is 1.82 bits per heavy atom. The Bertz CT molecular complexity index is 585. The van der Waals surface area contributed by atoms with Crippen LogP contribution < -0.4 is 10.6 Å². The van der Waals surface area contributed by atoms with Gasteiger partial charge in [-0.15, -0.1) is 0 Å². The molecule has 1 rings (SSSR count). The molecule has 0 unspecified atom stereocenters. The van der Waals surface area contributed by atoms with Crippen LogP contribution in [0.25, 0.3) is 0 Å². The second-order valence-electron chi connectivity index (χ2n) is 8.32. The lowest BCUT2D eigenvalue weighted by Crippen LogP contribution is -2.51. The number of esters is 1. The first-order chi connectivity index (χ1) is 12.9. The summed E-state index contributed by atoms with van der Waals surface area (Å²) in [6.45, 7) is 9.27. The lowest BCUT2D eigenvalue weighted by Gasteiger charge is -2.28. The second-order valence-corrected chi connectivity index (χ2v) is 8.32. The molecule has 0 aromatic rings. The Balaban J connectivity index is 2.58. The molecule has 1 fully saturated rings. The fraction of sp³-hybridized carbons (Fsp3) is 0.789. The van der Waals surface area contributed by atoms with E-state index in [-0.39, 0.29) is 12.5 Å². The quantitative estimate of drug-likeness (QED) is 0.622. The van der Waals surface area contributed by atoms with Crippen LogP contribution in [0.1, 0.15) is 53.9 Å². The molecule has 0 saturated carbocycles. The van der Waals surface area contributed by atoms with Gasteiger partial charge in [0.25, 0.3) is 0 Å². The molecular weight excluding hydrogens is 366 g/mol. The van der Waals surface area contributed by atoms with Gasteiger partial charge in [0.05, 0.1) is 13.7 Å². The number of ether oxygens (including phenoxy) is 2. The third-order valence-electron chi connectivity index (χ3n) is 4.13. The van der Waals surface area contributed by atoms with Crippen molar-refractivity contribution in [3.05, 3.63) is 0 Å². The molecule has 1 aliphatic rings. The highest BCUT2D eigenvalue weighted by molar-refractivity contribution is 5.91. The van der Waals surface area contributed by atoms with E-state index < -0.39 is 41.6 Å². The van der Waals surface area contributed by atoms with Gasteiger partial charge in [-0.3, -0.25) is 14.5 Å². The van der Waals surface area contributed by atoms with Gasteiger partial charge in [-0.05, 0) is 46.0 Å². The Hall–Kier alpha value is -2.32. The highest BCUT2D eigenvalue weighted by Crippen LogP contribution is 2.20. The molecule has 28 heavy (non-hydrogen) atoms. The van der Waals surface area contributed by atoms with E-state index in [9.17, 15) is 19.2 Å². The zero-order valence-electron chi connectivity index (χ0n) is 17.7. The summed E-state index contributed by atoms with van der Waals surface area (Å²) in [5, 5.41) is 5.11. The molecule has 0 aliphatic carbocycles. The van der Waals surface area contributed by atoms with Crippen molar-refractivity contribution in [1.29, 1.82) is 0 Å². The van der Waals surface area contributed by atoms with Crippen LogP contribution >= 0.6 is 0 Å². The molecular formula is C19H33N3O6. The smallest absolute Gasteiger partial charge is 0.410 e. The number of methoxy groups -OCH3 is 1. The largest absolute Gasteiger partial charge is 0.467 e. The van der Waals surface area contributed by atoms with Gasteiger partial charge in [0.15, 0.2) is 0 Å². The van der Waals surface area contributed by atoms with Gasteiger partial charge in [-0.1, -0.05) is 13.8 Å². The van der Waals surface area contributed by atoms with Crippen LogP contribution in [0.2, 0.25) is 0 Å². The molecule has 2 N–H and O–H groups in total. The number of likely N-dealkylation sites (tertiary alicyclic amines) is 1. The summed E-state index contributed by atoms with van der Waals surface area (Å²) in [5.74, 6) is -1.26. The SMILES string of the molecule is COC(=O)[C@H](CC(C)C)NC(=O)CNC(=O)[C@@H]1CCCN1C(=O)OC(C)(C)C. The molecule has 3 amide bonds. The van der Waals surface area contributed by atoms with Crippen molar-refractivity contribution in [2.45, 2.75) is 71.6 Å². The Morgan fingerprint density at radius 3 is 2.36 bits per heavy atom. The molecule has 160 valence electrons. The number of rotatable bonds is 7. The first kappa shape index (κ1) is 23.7. The Morgan fingerprint density at radius 1 is 1.18 bits per heavy atom. The van der Waals surface area contributed by atoms with Crippen LogP contribution in [0.4, 0.5) is 4.79 Å². The van der Waals surface area contributed by atoms with Gasteiger partial charge in [0.1, 0.15) is 17.7 Å². The average molecular weight is 399 g/mol. The lowest BCUT2D eigenvalue weighted by atomic mass is 10.0. The zero-order valence-corrected chi connectivity index (χ0v) is 17.7. The van der Waals surface area contributed by atoms with Crippen molar-refractivity contribution >= 4 is 23.9 Å². The number of carbonyl (C=O) groups excluding carboxylic acids is 4. The standard InChI is InChI=1S/C19H33N3O6/c1-12(2)10-13(17(25)27-6)21-15(23)11-20-16(24)14-8-7-9-22(14)18(26)28-19(3,4)5/h12-14H,7-11H2,1-6H3,(H,20,24)(H,21,23)/t13-,14-/m0/s1. The van der Waals surface area contributed by atoms with Crippen LogP contribution in [0.5, 0.6) is 0 Å². The fourth-order valence-electron chi connectivity index (χ4n) is 2.94. The van der Waals surface area contributed by atoms with E-state index in [4.69, 9.17) is 9.47 Å². The van der Waals surface area contributed by atoms with Crippen molar-refractivity contribution in [3.63, 3.8) is 0 Å². The number of amides is 3. The number of carbonyl (C=O) groups is 4. The predicted molar refractivity (Wildman–Crippen MR) is 102 cm³/mol. The van der Waals surface area contributed by atoms with Crippen LogP contribution in [-0.2, 0) is 23.9 Å². The van der Waals surface area contributed by atoms with Crippen LogP contribution in [0.15, 0.2) is 0 Å². The van der Waals surface area contributed by atoms with Gasteiger partial charge in [0.2, 0.25) is 11.8 Å². The van der Waals surface area contributed by atoms with Crippen molar-refractivity contribution < 1.29 is 28.7 Å². The molecule has 1 heterocycles. The summed E-state index contributed by atoms with van der Waals surface area (Å²) in [6.07, 6.45) is 1.08. The van der Waals surface area contributed by atoms with E-state index >= 15 is 0 Å². The van der Waals surface area contributed by atoms with Crippen LogP contribution in [0, 0.1) is 5.92 Å². The fourth-order valence-corrected chi connectivity index (χ4v) is 2.94. The minimum atomic E-state index is -0.765. The predicted octanol–water partition coefficient (Wildman–Crippen LogP) is 1.21. The monoisotopic (exact) mass is 399 g/mol. The third-order valence-corrected chi connectivity index (χ3v) is 4.13. The summed E-state index contributed by atoms with van der Waals surface area (Å²) in [6, 6.07) is -1.44. The van der Waals surface area contributed by atoms with E-state index in [1.165, 1.54) is 12.0 Å². The van der Waals surface area contributed by atoms with Gasteiger partial charge in [0, 0.05) is 6.54 Å². The molecule has 0 bridgehead atoms. The van der Waals surface area contributed by atoms with E-state index in [1.54, 1.807) is 20.8 Å². The highest BCUT2D eigenvalue weighted by Gasteiger charge is 2.36. The van der Waals surface area contributed by atoms with E-state index in [0.29, 0.717) is 25.8 Å². The number of hydrogen-bond donors (Lipinski definition) is 2. The van der Waals surface area contributed by atoms with Crippen molar-refractivity contribution in [3.8, 4) is 0 Å². The minimum Gasteiger partial charge on any atom is -0.467 e. The molecule has 0 aromatic carbocycles. The minimum absolute atomic E-state index is 0.180.